The van der Waals surface area contributed by atoms with E-state index in [1.165, 1.54) is 12.8 Å². The first-order valence-electron chi connectivity index (χ1n) is 5.93. The van der Waals surface area contributed by atoms with Crippen molar-refractivity contribution in [1.29, 1.82) is 0 Å². The van der Waals surface area contributed by atoms with Gasteiger partial charge < -0.3 is 9.88 Å². The minimum absolute atomic E-state index is 0.265. The average molecular weight is 252 g/mol. The number of rotatable bonds is 2. The molecule has 1 aliphatic rings. The van der Waals surface area contributed by atoms with Crippen LogP contribution in [0.2, 0.25) is 5.28 Å². The van der Waals surface area contributed by atoms with Crippen LogP contribution in [0.3, 0.4) is 0 Å². The number of aromatic nitrogens is 4. The number of nitrogens with zero attached hydrogens (tertiary/aromatic N) is 4. The predicted molar refractivity (Wildman–Crippen MR) is 67.4 cm³/mol. The van der Waals surface area contributed by atoms with Gasteiger partial charge in [0.15, 0.2) is 11.5 Å². The Kier molecular flexibility index (Phi) is 2.63. The van der Waals surface area contributed by atoms with Gasteiger partial charge in [0, 0.05) is 12.6 Å². The van der Waals surface area contributed by atoms with E-state index >= 15 is 0 Å². The summed E-state index contributed by atoms with van der Waals surface area (Å²) in [7, 11) is 0. The van der Waals surface area contributed by atoms with E-state index in [9.17, 15) is 0 Å². The van der Waals surface area contributed by atoms with Crippen molar-refractivity contribution < 1.29 is 0 Å². The third kappa shape index (κ3) is 1.74. The van der Waals surface area contributed by atoms with E-state index in [0.29, 0.717) is 11.7 Å². The molecule has 1 aliphatic heterocycles. The van der Waals surface area contributed by atoms with Gasteiger partial charge in [-0.05, 0) is 30.9 Å². The van der Waals surface area contributed by atoms with Crippen molar-refractivity contribution in [2.75, 3.05) is 11.4 Å². The van der Waals surface area contributed by atoms with E-state index in [0.717, 1.165) is 24.3 Å². The third-order valence-electron chi connectivity index (χ3n) is 3.36. The summed E-state index contributed by atoms with van der Waals surface area (Å²) >= 11 is 5.95. The van der Waals surface area contributed by atoms with Crippen LogP contribution in [0.25, 0.3) is 11.2 Å². The van der Waals surface area contributed by atoms with Gasteiger partial charge in [0.2, 0.25) is 5.28 Å². The number of imidazole rings is 1. The molecule has 1 atom stereocenters. The molecular formula is C11H14ClN5. The Morgan fingerprint density at radius 3 is 3.24 bits per heavy atom. The molecule has 0 amide bonds. The van der Waals surface area contributed by atoms with Gasteiger partial charge in [-0.25, -0.2) is 4.98 Å². The number of H-pyrrole nitrogens is 1. The van der Waals surface area contributed by atoms with E-state index in [1.807, 2.05) is 0 Å². The van der Waals surface area contributed by atoms with Crippen molar-refractivity contribution >= 4 is 28.6 Å². The SMILES string of the molecule is CCC1CCCN1c1nc(Cl)nc2nc[nH]c12. The largest absolute Gasteiger partial charge is 0.352 e. The van der Waals surface area contributed by atoms with Gasteiger partial charge in [0.25, 0.3) is 0 Å². The zero-order valence-electron chi connectivity index (χ0n) is 9.65. The summed E-state index contributed by atoms with van der Waals surface area (Å²) in [5.74, 6) is 0.891. The van der Waals surface area contributed by atoms with E-state index in [-0.39, 0.29) is 5.28 Å². The van der Waals surface area contributed by atoms with Crippen molar-refractivity contribution in [1.82, 2.24) is 19.9 Å². The maximum Gasteiger partial charge on any atom is 0.226 e. The summed E-state index contributed by atoms with van der Waals surface area (Å²) in [4.78, 5) is 18.0. The van der Waals surface area contributed by atoms with Crippen LogP contribution in [0.15, 0.2) is 6.33 Å². The second-order valence-electron chi connectivity index (χ2n) is 4.32. The highest BCUT2D eigenvalue weighted by Gasteiger charge is 2.26. The molecule has 2 aromatic heterocycles. The minimum Gasteiger partial charge on any atom is -0.352 e. The van der Waals surface area contributed by atoms with Crippen LogP contribution < -0.4 is 4.90 Å². The maximum absolute atomic E-state index is 5.95. The lowest BCUT2D eigenvalue weighted by Gasteiger charge is -2.24. The Balaban J connectivity index is 2.12. The summed E-state index contributed by atoms with van der Waals surface area (Å²) in [6.07, 6.45) is 5.18. The van der Waals surface area contributed by atoms with Gasteiger partial charge >= 0.3 is 0 Å². The number of fused-ring (bicyclic) bond motifs is 1. The van der Waals surface area contributed by atoms with Crippen molar-refractivity contribution in [2.24, 2.45) is 0 Å². The molecule has 17 heavy (non-hydrogen) atoms. The molecule has 0 saturated carbocycles. The Morgan fingerprint density at radius 2 is 2.41 bits per heavy atom. The van der Waals surface area contributed by atoms with Crippen LogP contribution in [0.1, 0.15) is 26.2 Å². The highest BCUT2D eigenvalue weighted by atomic mass is 35.5. The molecule has 2 aromatic rings. The molecule has 0 radical (unpaired) electrons. The second kappa shape index (κ2) is 4.14. The van der Waals surface area contributed by atoms with Crippen LogP contribution >= 0.6 is 11.6 Å². The van der Waals surface area contributed by atoms with Gasteiger partial charge in [-0.3, -0.25) is 0 Å². The normalized spacial score (nSPS) is 20.4. The van der Waals surface area contributed by atoms with Crippen molar-refractivity contribution in [2.45, 2.75) is 32.2 Å². The summed E-state index contributed by atoms with van der Waals surface area (Å²) < 4.78 is 0. The maximum atomic E-state index is 5.95. The molecule has 0 spiro atoms. The number of anilines is 1. The number of hydrogen-bond donors (Lipinski definition) is 1. The van der Waals surface area contributed by atoms with Crippen molar-refractivity contribution in [3.63, 3.8) is 0 Å². The molecule has 3 heterocycles. The van der Waals surface area contributed by atoms with Gasteiger partial charge in [0.05, 0.1) is 6.33 Å². The lowest BCUT2D eigenvalue weighted by molar-refractivity contribution is 0.641. The van der Waals surface area contributed by atoms with Crippen LogP contribution in [-0.2, 0) is 0 Å². The Hall–Kier alpha value is -1.36. The molecule has 6 heteroatoms. The highest BCUT2D eigenvalue weighted by molar-refractivity contribution is 6.28. The lowest BCUT2D eigenvalue weighted by atomic mass is 10.2. The summed E-state index contributed by atoms with van der Waals surface area (Å²) in [5.41, 5.74) is 1.52. The van der Waals surface area contributed by atoms with Crippen LogP contribution in [0.5, 0.6) is 0 Å². The summed E-state index contributed by atoms with van der Waals surface area (Å²) in [6.45, 7) is 3.23. The van der Waals surface area contributed by atoms with Gasteiger partial charge in [-0.1, -0.05) is 6.92 Å². The minimum atomic E-state index is 0.265. The van der Waals surface area contributed by atoms with Crippen LogP contribution in [-0.4, -0.2) is 32.5 Å². The summed E-state index contributed by atoms with van der Waals surface area (Å²) in [5, 5.41) is 0.265. The molecule has 1 fully saturated rings. The van der Waals surface area contributed by atoms with Gasteiger partial charge in [-0.2, -0.15) is 9.97 Å². The fourth-order valence-electron chi connectivity index (χ4n) is 2.54. The lowest BCUT2D eigenvalue weighted by Crippen LogP contribution is -2.29. The van der Waals surface area contributed by atoms with Crippen LogP contribution in [0.4, 0.5) is 5.82 Å². The standard InChI is InChI=1S/C11H14ClN5/c1-2-7-4-3-5-17(7)10-8-9(14-6-13-8)15-11(12)16-10/h6-7H,2-5H2,1H3,(H,13,14,15,16). The topological polar surface area (TPSA) is 57.7 Å². The molecule has 90 valence electrons. The molecule has 5 nitrogen and oxygen atoms in total. The fraction of sp³-hybridized carbons (Fsp3) is 0.545. The number of halogens is 1. The fourth-order valence-corrected chi connectivity index (χ4v) is 2.70. The van der Waals surface area contributed by atoms with Gasteiger partial charge in [0.1, 0.15) is 5.52 Å². The van der Waals surface area contributed by atoms with Crippen molar-refractivity contribution in [3.05, 3.63) is 11.6 Å². The van der Waals surface area contributed by atoms with Crippen LogP contribution in [0, 0.1) is 0 Å². The summed E-state index contributed by atoms with van der Waals surface area (Å²) in [6, 6.07) is 0.549. The Labute approximate surface area is 104 Å². The highest BCUT2D eigenvalue weighted by Crippen LogP contribution is 2.30. The molecule has 1 saturated heterocycles. The van der Waals surface area contributed by atoms with E-state index in [2.05, 4.69) is 31.8 Å². The predicted octanol–water partition coefficient (Wildman–Crippen LogP) is 2.39. The van der Waals surface area contributed by atoms with E-state index < -0.39 is 0 Å². The second-order valence-corrected chi connectivity index (χ2v) is 4.65. The smallest absolute Gasteiger partial charge is 0.226 e. The zero-order valence-corrected chi connectivity index (χ0v) is 10.4. The first-order valence-corrected chi connectivity index (χ1v) is 6.30. The Morgan fingerprint density at radius 1 is 1.53 bits per heavy atom. The number of nitrogens with one attached hydrogen (secondary N) is 1. The molecule has 1 N–H and O–H groups in total. The number of hydrogen-bond acceptors (Lipinski definition) is 4. The van der Waals surface area contributed by atoms with E-state index in [1.54, 1.807) is 6.33 Å². The quantitative estimate of drug-likeness (QED) is 0.833. The Bertz CT molecular complexity index is 538. The number of aromatic amines is 1. The first-order chi connectivity index (χ1) is 8.29. The monoisotopic (exact) mass is 251 g/mol. The molecule has 3 rings (SSSR count). The average Bonchev–Trinajstić information content (AvgIpc) is 2.95. The third-order valence-corrected chi connectivity index (χ3v) is 3.53. The first kappa shape index (κ1) is 10.8. The molecule has 0 bridgehead atoms. The molecule has 0 aliphatic carbocycles. The molecule has 0 aromatic carbocycles. The zero-order chi connectivity index (χ0) is 11.8. The van der Waals surface area contributed by atoms with Crippen molar-refractivity contribution in [3.8, 4) is 0 Å². The molecule has 1 unspecified atom stereocenters. The molecular weight excluding hydrogens is 238 g/mol. The van der Waals surface area contributed by atoms with E-state index in [4.69, 9.17) is 11.6 Å². The van der Waals surface area contributed by atoms with Gasteiger partial charge in [-0.15, -0.1) is 0 Å².